The van der Waals surface area contributed by atoms with E-state index in [1.807, 2.05) is 6.07 Å². The Balaban J connectivity index is 1.77. The number of hydrogen-bond acceptors (Lipinski definition) is 5. The number of amides is 1. The number of hydrogen-bond donors (Lipinski definition) is 2. The maximum absolute atomic E-state index is 13.0. The molecule has 27 heavy (non-hydrogen) atoms. The zero-order chi connectivity index (χ0) is 19.2. The van der Waals surface area contributed by atoms with Crippen molar-refractivity contribution >= 4 is 23.0 Å². The molecule has 138 valence electrons. The van der Waals surface area contributed by atoms with Gasteiger partial charge in [-0.3, -0.25) is 9.78 Å². The van der Waals surface area contributed by atoms with E-state index in [2.05, 4.69) is 15.6 Å². The number of carbonyl (C=O) groups excluding carboxylic acids is 1. The monoisotopic (exact) mass is 367 g/mol. The van der Waals surface area contributed by atoms with E-state index in [1.165, 1.54) is 30.5 Å². The number of methoxy groups -OCH3 is 2. The topological polar surface area (TPSA) is 72.5 Å². The number of ether oxygens (including phenoxy) is 2. The number of nitrogens with zero attached hydrogens (tertiary/aromatic N) is 1. The molecule has 0 saturated carbocycles. The first-order valence-corrected chi connectivity index (χ1v) is 8.10. The van der Waals surface area contributed by atoms with E-state index in [0.717, 1.165) is 0 Å². The number of aromatic nitrogens is 1. The summed E-state index contributed by atoms with van der Waals surface area (Å²) in [5.74, 6) is 0.548. The first-order chi connectivity index (χ1) is 13.1. The van der Waals surface area contributed by atoms with Gasteiger partial charge in [0.2, 0.25) is 0 Å². The number of halogens is 1. The minimum atomic E-state index is -0.366. The van der Waals surface area contributed by atoms with Crippen LogP contribution in [0.1, 0.15) is 10.4 Å². The lowest BCUT2D eigenvalue weighted by Gasteiger charge is -2.13. The van der Waals surface area contributed by atoms with Crippen molar-refractivity contribution in [2.45, 2.75) is 0 Å². The van der Waals surface area contributed by atoms with Crippen LogP contribution in [-0.2, 0) is 0 Å². The van der Waals surface area contributed by atoms with Crippen LogP contribution in [0.3, 0.4) is 0 Å². The maximum atomic E-state index is 13.0. The van der Waals surface area contributed by atoms with Gasteiger partial charge in [-0.1, -0.05) is 0 Å². The molecular weight excluding hydrogens is 349 g/mol. The van der Waals surface area contributed by atoms with Gasteiger partial charge < -0.3 is 20.1 Å². The predicted molar refractivity (Wildman–Crippen MR) is 101 cm³/mol. The second kappa shape index (κ2) is 8.18. The van der Waals surface area contributed by atoms with Gasteiger partial charge >= 0.3 is 0 Å². The van der Waals surface area contributed by atoms with E-state index < -0.39 is 0 Å². The highest BCUT2D eigenvalue weighted by Crippen LogP contribution is 2.31. The van der Waals surface area contributed by atoms with Crippen LogP contribution < -0.4 is 20.1 Å². The van der Waals surface area contributed by atoms with E-state index >= 15 is 0 Å². The number of carbonyl (C=O) groups is 1. The molecule has 2 N–H and O–H groups in total. The number of pyridine rings is 1. The molecule has 0 saturated heterocycles. The van der Waals surface area contributed by atoms with Crippen LogP contribution >= 0.6 is 0 Å². The van der Waals surface area contributed by atoms with Gasteiger partial charge in [0.05, 0.1) is 37.4 Å². The molecule has 0 spiro atoms. The minimum Gasteiger partial charge on any atom is -0.497 e. The average molecular weight is 367 g/mol. The van der Waals surface area contributed by atoms with Crippen LogP contribution in [-0.4, -0.2) is 25.1 Å². The molecule has 3 aromatic rings. The molecule has 0 bridgehead atoms. The molecule has 0 aliphatic rings. The molecule has 6 nitrogen and oxygen atoms in total. The summed E-state index contributed by atoms with van der Waals surface area (Å²) < 4.78 is 23.5. The van der Waals surface area contributed by atoms with E-state index in [0.29, 0.717) is 34.1 Å². The van der Waals surface area contributed by atoms with Gasteiger partial charge in [-0.25, -0.2) is 4.39 Å². The molecule has 0 aliphatic heterocycles. The highest BCUT2D eigenvalue weighted by atomic mass is 19.1. The summed E-state index contributed by atoms with van der Waals surface area (Å²) in [5.41, 5.74) is 2.18. The number of rotatable bonds is 6. The van der Waals surface area contributed by atoms with E-state index in [-0.39, 0.29) is 11.7 Å². The quantitative estimate of drug-likeness (QED) is 0.682. The fourth-order valence-electron chi connectivity index (χ4n) is 2.43. The lowest BCUT2D eigenvalue weighted by Crippen LogP contribution is -2.12. The van der Waals surface area contributed by atoms with Crippen molar-refractivity contribution in [3.05, 3.63) is 72.3 Å². The molecule has 1 amide bonds. The van der Waals surface area contributed by atoms with Crippen molar-refractivity contribution in [3.63, 3.8) is 0 Å². The van der Waals surface area contributed by atoms with Gasteiger partial charge in [0.25, 0.3) is 5.91 Å². The largest absolute Gasteiger partial charge is 0.497 e. The van der Waals surface area contributed by atoms with E-state index in [1.54, 1.807) is 38.6 Å². The molecular formula is C20H18FN3O3. The fraction of sp³-hybridized carbons (Fsp3) is 0.100. The second-order valence-corrected chi connectivity index (χ2v) is 5.61. The Morgan fingerprint density at radius 2 is 1.74 bits per heavy atom. The summed E-state index contributed by atoms with van der Waals surface area (Å²) in [6, 6.07) is 12.6. The molecule has 0 unspecified atom stereocenters. The van der Waals surface area contributed by atoms with Gasteiger partial charge in [-0.2, -0.15) is 0 Å². The molecule has 3 rings (SSSR count). The zero-order valence-electron chi connectivity index (χ0n) is 14.8. The maximum Gasteiger partial charge on any atom is 0.257 e. The highest BCUT2D eigenvalue weighted by molar-refractivity contribution is 6.04. The van der Waals surface area contributed by atoms with Gasteiger partial charge in [-0.05, 0) is 42.5 Å². The molecule has 0 aliphatic carbocycles. The van der Waals surface area contributed by atoms with Crippen molar-refractivity contribution in [2.75, 3.05) is 24.9 Å². The van der Waals surface area contributed by atoms with Crippen LogP contribution in [0.4, 0.5) is 21.5 Å². The minimum absolute atomic E-state index is 0.348. The zero-order valence-corrected chi connectivity index (χ0v) is 14.8. The lowest BCUT2D eigenvalue weighted by atomic mass is 10.2. The number of nitrogens with one attached hydrogen (secondary N) is 2. The summed E-state index contributed by atoms with van der Waals surface area (Å²) in [6.07, 6.45) is 3.05. The SMILES string of the molecule is COc1ccc(Nc2cncc(C(=O)Nc3ccc(F)cc3)c2)c(OC)c1. The molecule has 0 fully saturated rings. The Morgan fingerprint density at radius 1 is 0.963 bits per heavy atom. The molecule has 7 heteroatoms. The summed E-state index contributed by atoms with van der Waals surface area (Å²) in [5, 5.41) is 5.87. The first kappa shape index (κ1) is 18.2. The van der Waals surface area contributed by atoms with Crippen molar-refractivity contribution in [1.82, 2.24) is 4.98 Å². The Hall–Kier alpha value is -3.61. The van der Waals surface area contributed by atoms with Gasteiger partial charge in [0.15, 0.2) is 0 Å². The number of anilines is 3. The van der Waals surface area contributed by atoms with Crippen LogP contribution in [0.5, 0.6) is 11.5 Å². The Kier molecular flexibility index (Phi) is 5.51. The summed E-state index contributed by atoms with van der Waals surface area (Å²) in [4.78, 5) is 16.5. The van der Waals surface area contributed by atoms with Crippen LogP contribution in [0.15, 0.2) is 60.9 Å². The third-order valence-corrected chi connectivity index (χ3v) is 3.79. The van der Waals surface area contributed by atoms with Crippen LogP contribution in [0.2, 0.25) is 0 Å². The van der Waals surface area contributed by atoms with Gasteiger partial charge in [-0.15, -0.1) is 0 Å². The summed E-state index contributed by atoms with van der Waals surface area (Å²) in [7, 11) is 3.14. The smallest absolute Gasteiger partial charge is 0.257 e. The number of benzene rings is 2. The Labute approximate surface area is 156 Å². The second-order valence-electron chi connectivity index (χ2n) is 5.61. The van der Waals surface area contributed by atoms with Gasteiger partial charge in [0, 0.05) is 18.0 Å². The Bertz CT molecular complexity index is 945. The first-order valence-electron chi connectivity index (χ1n) is 8.10. The molecule has 0 radical (unpaired) electrons. The lowest BCUT2D eigenvalue weighted by molar-refractivity contribution is 0.102. The fourth-order valence-corrected chi connectivity index (χ4v) is 2.43. The Morgan fingerprint density at radius 3 is 2.44 bits per heavy atom. The average Bonchev–Trinajstić information content (AvgIpc) is 2.70. The predicted octanol–water partition coefficient (Wildman–Crippen LogP) is 4.23. The molecule has 2 aromatic carbocycles. The van der Waals surface area contributed by atoms with Crippen LogP contribution in [0.25, 0.3) is 0 Å². The van der Waals surface area contributed by atoms with Crippen molar-refractivity contribution in [2.24, 2.45) is 0 Å². The normalized spacial score (nSPS) is 10.2. The molecule has 1 aromatic heterocycles. The van der Waals surface area contributed by atoms with Gasteiger partial charge in [0.1, 0.15) is 17.3 Å². The van der Waals surface area contributed by atoms with Crippen molar-refractivity contribution < 1.29 is 18.7 Å². The standard InChI is InChI=1S/C20H18FN3O3/c1-26-17-7-8-18(19(10-17)27-2)23-16-9-13(11-22-12-16)20(25)24-15-5-3-14(21)4-6-15/h3-12,23H,1-2H3,(H,24,25). The van der Waals surface area contributed by atoms with Crippen LogP contribution in [0, 0.1) is 5.82 Å². The molecule has 1 heterocycles. The summed E-state index contributed by atoms with van der Waals surface area (Å²) in [6.45, 7) is 0. The third-order valence-electron chi connectivity index (χ3n) is 3.79. The van der Waals surface area contributed by atoms with E-state index in [9.17, 15) is 9.18 Å². The van der Waals surface area contributed by atoms with Crippen molar-refractivity contribution in [3.8, 4) is 11.5 Å². The van der Waals surface area contributed by atoms with Crippen molar-refractivity contribution in [1.29, 1.82) is 0 Å². The highest BCUT2D eigenvalue weighted by Gasteiger charge is 2.10. The third kappa shape index (κ3) is 4.52. The summed E-state index contributed by atoms with van der Waals surface area (Å²) >= 11 is 0. The molecule has 0 atom stereocenters. The van der Waals surface area contributed by atoms with E-state index in [4.69, 9.17) is 9.47 Å².